The van der Waals surface area contributed by atoms with E-state index in [1.54, 1.807) is 23.9 Å². The highest BCUT2D eigenvalue weighted by atomic mass is 32.2. The van der Waals surface area contributed by atoms with E-state index in [9.17, 15) is 5.11 Å². The lowest BCUT2D eigenvalue weighted by atomic mass is 10.2. The van der Waals surface area contributed by atoms with E-state index in [0.717, 1.165) is 11.3 Å². The van der Waals surface area contributed by atoms with Gasteiger partial charge in [-0.1, -0.05) is 6.92 Å². The Morgan fingerprint density at radius 1 is 1.43 bits per heavy atom. The molecule has 1 N–H and O–H groups in total. The molecule has 2 nitrogen and oxygen atoms in total. The highest BCUT2D eigenvalue weighted by molar-refractivity contribution is 7.99. The highest BCUT2D eigenvalue weighted by Crippen LogP contribution is 2.19. The number of hydrogen-bond acceptors (Lipinski definition) is 3. The number of benzene rings is 1. The van der Waals surface area contributed by atoms with Crippen LogP contribution in [0.4, 0.5) is 0 Å². The van der Waals surface area contributed by atoms with E-state index in [1.165, 1.54) is 0 Å². The van der Waals surface area contributed by atoms with Crippen molar-refractivity contribution in [3.05, 3.63) is 29.8 Å². The fourth-order valence-electron chi connectivity index (χ4n) is 0.936. The molecule has 0 bridgehead atoms. The van der Waals surface area contributed by atoms with E-state index in [4.69, 9.17) is 5.26 Å². The van der Waals surface area contributed by atoms with Crippen LogP contribution in [0.5, 0.6) is 0 Å². The largest absolute Gasteiger partial charge is 0.392 e. The molecule has 0 spiro atoms. The van der Waals surface area contributed by atoms with Crippen LogP contribution < -0.4 is 0 Å². The summed E-state index contributed by atoms with van der Waals surface area (Å²) in [4.78, 5) is 1.09. The van der Waals surface area contributed by atoms with Gasteiger partial charge in [0.1, 0.15) is 0 Å². The molecule has 0 aliphatic heterocycles. The van der Waals surface area contributed by atoms with Crippen molar-refractivity contribution in [1.82, 2.24) is 0 Å². The summed E-state index contributed by atoms with van der Waals surface area (Å²) in [5.41, 5.74) is 0.672. The molecule has 0 radical (unpaired) electrons. The zero-order valence-corrected chi connectivity index (χ0v) is 8.92. The molecule has 14 heavy (non-hydrogen) atoms. The van der Waals surface area contributed by atoms with Crippen LogP contribution in [-0.4, -0.2) is 17.0 Å². The Labute approximate surface area is 88.6 Å². The number of aliphatic hydroxyl groups excluding tert-OH is 1. The minimum Gasteiger partial charge on any atom is -0.392 e. The van der Waals surface area contributed by atoms with Gasteiger partial charge in [-0.25, -0.2) is 0 Å². The summed E-state index contributed by atoms with van der Waals surface area (Å²) in [6.45, 7) is 1.96. The molecular formula is C11H13NOS. The SMILES string of the molecule is CCC(O)CSc1ccc(C#N)cc1. The van der Waals surface area contributed by atoms with Crippen molar-refractivity contribution in [1.29, 1.82) is 5.26 Å². The Kier molecular flexibility index (Phi) is 4.51. The topological polar surface area (TPSA) is 44.0 Å². The van der Waals surface area contributed by atoms with Gasteiger partial charge in [0.25, 0.3) is 0 Å². The number of hydrogen-bond donors (Lipinski definition) is 1. The Balaban J connectivity index is 2.49. The Bertz CT molecular complexity index is 315. The first-order chi connectivity index (χ1) is 6.76. The standard InChI is InChI=1S/C11H13NOS/c1-2-10(13)8-14-11-5-3-9(7-12)4-6-11/h3-6,10,13H,2,8H2,1H3. The Hall–Kier alpha value is -0.980. The third kappa shape index (κ3) is 3.41. The van der Waals surface area contributed by atoms with Crippen molar-refractivity contribution in [3.8, 4) is 6.07 Å². The third-order valence-electron chi connectivity index (χ3n) is 1.90. The van der Waals surface area contributed by atoms with Crippen molar-refractivity contribution in [2.45, 2.75) is 24.3 Å². The summed E-state index contributed by atoms with van der Waals surface area (Å²) in [6.07, 6.45) is 0.541. The van der Waals surface area contributed by atoms with Crippen LogP contribution in [0.15, 0.2) is 29.2 Å². The van der Waals surface area contributed by atoms with E-state index < -0.39 is 0 Å². The van der Waals surface area contributed by atoms with E-state index in [-0.39, 0.29) is 6.10 Å². The molecule has 1 aromatic rings. The zero-order valence-electron chi connectivity index (χ0n) is 8.10. The molecule has 1 aromatic carbocycles. The second-order valence-corrected chi connectivity index (χ2v) is 4.10. The molecule has 0 fully saturated rings. The maximum Gasteiger partial charge on any atom is 0.0991 e. The zero-order chi connectivity index (χ0) is 10.4. The molecule has 0 heterocycles. The van der Waals surface area contributed by atoms with E-state index in [2.05, 4.69) is 6.07 Å². The molecular weight excluding hydrogens is 194 g/mol. The van der Waals surface area contributed by atoms with Crippen LogP contribution in [0.1, 0.15) is 18.9 Å². The summed E-state index contributed by atoms with van der Waals surface area (Å²) in [5.74, 6) is 0.711. The van der Waals surface area contributed by atoms with Crippen molar-refractivity contribution in [3.63, 3.8) is 0 Å². The lowest BCUT2D eigenvalue weighted by molar-refractivity contribution is 0.195. The minimum absolute atomic E-state index is 0.240. The first kappa shape index (κ1) is 11.1. The van der Waals surface area contributed by atoms with Crippen molar-refractivity contribution >= 4 is 11.8 Å². The maximum absolute atomic E-state index is 9.35. The molecule has 0 amide bonds. The van der Waals surface area contributed by atoms with Gasteiger partial charge in [-0.05, 0) is 30.7 Å². The molecule has 1 rings (SSSR count). The average molecular weight is 207 g/mol. The number of thioether (sulfide) groups is 1. The number of nitrogens with zero attached hydrogens (tertiary/aromatic N) is 1. The fraction of sp³-hybridized carbons (Fsp3) is 0.364. The van der Waals surface area contributed by atoms with E-state index >= 15 is 0 Å². The van der Waals surface area contributed by atoms with Gasteiger partial charge in [-0.2, -0.15) is 5.26 Å². The third-order valence-corrected chi connectivity index (χ3v) is 3.05. The quantitative estimate of drug-likeness (QED) is 0.771. The van der Waals surface area contributed by atoms with Gasteiger partial charge in [-0.15, -0.1) is 11.8 Å². The van der Waals surface area contributed by atoms with Crippen LogP contribution in [0.25, 0.3) is 0 Å². The van der Waals surface area contributed by atoms with Gasteiger partial charge in [0.2, 0.25) is 0 Å². The normalized spacial score (nSPS) is 12.1. The molecule has 0 aliphatic carbocycles. The second kappa shape index (κ2) is 5.69. The highest BCUT2D eigenvalue weighted by Gasteiger charge is 2.01. The number of nitriles is 1. The molecule has 74 valence electrons. The van der Waals surface area contributed by atoms with Crippen LogP contribution in [-0.2, 0) is 0 Å². The molecule has 0 aliphatic rings. The number of rotatable bonds is 4. The van der Waals surface area contributed by atoms with Crippen LogP contribution >= 0.6 is 11.8 Å². The lowest BCUT2D eigenvalue weighted by Gasteiger charge is -2.06. The summed E-state index contributed by atoms with van der Waals surface area (Å²) in [6, 6.07) is 9.47. The van der Waals surface area contributed by atoms with Crippen molar-refractivity contribution in [2.24, 2.45) is 0 Å². The molecule has 3 heteroatoms. The van der Waals surface area contributed by atoms with Gasteiger partial charge in [0.15, 0.2) is 0 Å². The molecule has 1 atom stereocenters. The molecule has 0 aromatic heterocycles. The summed E-state index contributed by atoms with van der Waals surface area (Å²) in [7, 11) is 0. The van der Waals surface area contributed by atoms with Gasteiger partial charge in [0.05, 0.1) is 17.7 Å². The number of aliphatic hydroxyl groups is 1. The molecule has 0 saturated heterocycles. The second-order valence-electron chi connectivity index (χ2n) is 3.01. The fourth-order valence-corrected chi connectivity index (χ4v) is 1.89. The van der Waals surface area contributed by atoms with Crippen LogP contribution in [0, 0.1) is 11.3 Å². The smallest absolute Gasteiger partial charge is 0.0991 e. The summed E-state index contributed by atoms with van der Waals surface area (Å²) < 4.78 is 0. The predicted octanol–water partition coefficient (Wildman–Crippen LogP) is 2.42. The van der Waals surface area contributed by atoms with Crippen LogP contribution in [0.3, 0.4) is 0 Å². The van der Waals surface area contributed by atoms with Crippen molar-refractivity contribution < 1.29 is 5.11 Å². The first-order valence-electron chi connectivity index (χ1n) is 4.57. The monoisotopic (exact) mass is 207 g/mol. The summed E-state index contributed by atoms with van der Waals surface area (Å²) in [5, 5.41) is 17.9. The van der Waals surface area contributed by atoms with Crippen molar-refractivity contribution in [2.75, 3.05) is 5.75 Å². The maximum atomic E-state index is 9.35. The van der Waals surface area contributed by atoms with Gasteiger partial charge >= 0.3 is 0 Å². The van der Waals surface area contributed by atoms with Gasteiger partial charge < -0.3 is 5.11 Å². The average Bonchev–Trinajstić information content (AvgIpc) is 2.26. The Morgan fingerprint density at radius 2 is 2.07 bits per heavy atom. The lowest BCUT2D eigenvalue weighted by Crippen LogP contribution is -2.06. The Morgan fingerprint density at radius 3 is 2.57 bits per heavy atom. The van der Waals surface area contributed by atoms with E-state index in [0.29, 0.717) is 11.3 Å². The molecule has 0 saturated carbocycles. The van der Waals surface area contributed by atoms with Crippen LogP contribution in [0.2, 0.25) is 0 Å². The van der Waals surface area contributed by atoms with Gasteiger partial charge in [-0.3, -0.25) is 0 Å². The summed E-state index contributed by atoms with van der Waals surface area (Å²) >= 11 is 1.61. The van der Waals surface area contributed by atoms with E-state index in [1.807, 2.05) is 19.1 Å². The minimum atomic E-state index is -0.240. The molecule has 1 unspecified atom stereocenters. The predicted molar refractivity (Wildman–Crippen MR) is 58.2 cm³/mol. The first-order valence-corrected chi connectivity index (χ1v) is 5.56. The van der Waals surface area contributed by atoms with Gasteiger partial charge in [0, 0.05) is 10.6 Å².